The fourth-order valence-electron chi connectivity index (χ4n) is 2.18. The molecule has 0 saturated carbocycles. The van der Waals surface area contributed by atoms with Crippen LogP contribution in [-0.2, 0) is 25.6 Å². The molecule has 0 spiro atoms. The van der Waals surface area contributed by atoms with Crippen LogP contribution < -0.4 is 22.1 Å². The first-order valence-corrected chi connectivity index (χ1v) is 7.96. The number of primary amides is 1. The van der Waals surface area contributed by atoms with Crippen LogP contribution in [0.4, 0.5) is 0 Å². The number of hydrogen-bond donors (Lipinski definition) is 6. The van der Waals surface area contributed by atoms with Gasteiger partial charge in [0.05, 0.1) is 18.8 Å². The standard InChI is InChI=1S/C15H24N6O5/c1-7(2)12(15(25)26)21-14(24)10(3-8-5-18-6-19-8)20-13(23)9(16)4-11(17)22/h5-7,9-10,12H,3-4,16H2,1-2H3,(H2,17,22)(H,18,19)(H,20,23)(H,21,24)(H,25,26). The number of carboxylic acid groups (broad SMARTS) is 1. The van der Waals surface area contributed by atoms with Crippen molar-refractivity contribution in [1.82, 2.24) is 20.6 Å². The molecule has 1 aromatic heterocycles. The van der Waals surface area contributed by atoms with Crippen LogP contribution >= 0.6 is 0 Å². The van der Waals surface area contributed by atoms with E-state index in [0.29, 0.717) is 5.69 Å². The number of amides is 3. The quantitative estimate of drug-likeness (QED) is 0.271. The van der Waals surface area contributed by atoms with Gasteiger partial charge in [-0.3, -0.25) is 14.4 Å². The zero-order chi connectivity index (χ0) is 19.9. The second-order valence-corrected chi connectivity index (χ2v) is 6.19. The van der Waals surface area contributed by atoms with Crippen LogP contribution in [0.15, 0.2) is 12.5 Å². The Kier molecular flexibility index (Phi) is 7.72. The lowest BCUT2D eigenvalue weighted by Crippen LogP contribution is -2.56. The molecule has 0 fully saturated rings. The van der Waals surface area contributed by atoms with E-state index in [9.17, 15) is 24.3 Å². The number of carboxylic acids is 1. The number of carbonyl (C=O) groups excluding carboxylic acids is 3. The average molecular weight is 368 g/mol. The first kappa shape index (κ1) is 21.1. The summed E-state index contributed by atoms with van der Waals surface area (Å²) in [5.74, 6) is -3.75. The summed E-state index contributed by atoms with van der Waals surface area (Å²) in [5, 5.41) is 14.0. The normalized spacial score (nSPS) is 14.3. The maximum absolute atomic E-state index is 12.5. The first-order chi connectivity index (χ1) is 12.1. The molecule has 1 aromatic rings. The van der Waals surface area contributed by atoms with E-state index < -0.39 is 41.8 Å². The molecule has 0 saturated heterocycles. The lowest BCUT2D eigenvalue weighted by Gasteiger charge is -2.24. The first-order valence-electron chi connectivity index (χ1n) is 7.96. The molecule has 1 heterocycles. The monoisotopic (exact) mass is 368 g/mol. The Balaban J connectivity index is 2.90. The van der Waals surface area contributed by atoms with E-state index >= 15 is 0 Å². The van der Waals surface area contributed by atoms with Gasteiger partial charge in [-0.25, -0.2) is 9.78 Å². The smallest absolute Gasteiger partial charge is 0.326 e. The van der Waals surface area contributed by atoms with Crippen molar-refractivity contribution in [2.24, 2.45) is 17.4 Å². The van der Waals surface area contributed by atoms with Crippen molar-refractivity contribution in [2.45, 2.75) is 44.8 Å². The summed E-state index contributed by atoms with van der Waals surface area (Å²) < 4.78 is 0. The Labute approximate surface area is 149 Å². The summed E-state index contributed by atoms with van der Waals surface area (Å²) in [4.78, 5) is 53.4. The van der Waals surface area contributed by atoms with E-state index in [0.717, 1.165) is 0 Å². The van der Waals surface area contributed by atoms with Gasteiger partial charge in [-0.05, 0) is 5.92 Å². The topological polar surface area (TPSA) is 193 Å². The van der Waals surface area contributed by atoms with Crippen molar-refractivity contribution in [3.8, 4) is 0 Å². The van der Waals surface area contributed by atoms with E-state index in [1.807, 2.05) is 0 Å². The zero-order valence-electron chi connectivity index (χ0n) is 14.6. The van der Waals surface area contributed by atoms with Gasteiger partial charge in [-0.15, -0.1) is 0 Å². The lowest BCUT2D eigenvalue weighted by molar-refractivity contribution is -0.143. The van der Waals surface area contributed by atoms with E-state index in [4.69, 9.17) is 11.5 Å². The molecule has 1 rings (SSSR count). The largest absolute Gasteiger partial charge is 0.480 e. The number of aliphatic carboxylic acids is 1. The molecule has 0 aromatic carbocycles. The predicted molar refractivity (Wildman–Crippen MR) is 90.4 cm³/mol. The zero-order valence-corrected chi connectivity index (χ0v) is 14.6. The van der Waals surface area contributed by atoms with Crippen LogP contribution in [0, 0.1) is 5.92 Å². The van der Waals surface area contributed by atoms with Crippen LogP contribution in [0.3, 0.4) is 0 Å². The number of nitrogens with two attached hydrogens (primary N) is 2. The summed E-state index contributed by atoms with van der Waals surface area (Å²) in [6.45, 7) is 3.29. The molecule has 3 atom stereocenters. The number of rotatable bonds is 10. The molecule has 3 amide bonds. The molecule has 26 heavy (non-hydrogen) atoms. The number of aromatic nitrogens is 2. The number of aromatic amines is 1. The maximum Gasteiger partial charge on any atom is 0.326 e. The molecular formula is C15H24N6O5. The minimum Gasteiger partial charge on any atom is -0.480 e. The molecule has 0 aliphatic rings. The third kappa shape index (κ3) is 6.51. The van der Waals surface area contributed by atoms with E-state index in [1.165, 1.54) is 12.5 Å². The Morgan fingerprint density at radius 2 is 1.88 bits per heavy atom. The number of nitrogens with zero attached hydrogens (tertiary/aromatic N) is 1. The summed E-state index contributed by atoms with van der Waals surface area (Å²) in [6.07, 6.45) is 2.52. The number of carbonyl (C=O) groups is 4. The predicted octanol–water partition coefficient (Wildman–Crippen LogP) is -2.13. The van der Waals surface area contributed by atoms with Crippen LogP contribution in [0.2, 0.25) is 0 Å². The molecule has 0 bridgehead atoms. The van der Waals surface area contributed by atoms with Crippen molar-refractivity contribution in [3.63, 3.8) is 0 Å². The number of imidazole rings is 1. The van der Waals surface area contributed by atoms with Crippen molar-refractivity contribution >= 4 is 23.7 Å². The SMILES string of the molecule is CC(C)C(NC(=O)C(Cc1cnc[nH]1)NC(=O)C(N)CC(N)=O)C(=O)O. The molecular weight excluding hydrogens is 344 g/mol. The number of nitrogens with one attached hydrogen (secondary N) is 3. The fraction of sp³-hybridized carbons (Fsp3) is 0.533. The van der Waals surface area contributed by atoms with Gasteiger partial charge >= 0.3 is 5.97 Å². The second kappa shape index (κ2) is 9.51. The molecule has 11 nitrogen and oxygen atoms in total. The highest BCUT2D eigenvalue weighted by Gasteiger charge is 2.30. The minimum atomic E-state index is -1.22. The highest BCUT2D eigenvalue weighted by atomic mass is 16.4. The van der Waals surface area contributed by atoms with Crippen molar-refractivity contribution in [3.05, 3.63) is 18.2 Å². The Morgan fingerprint density at radius 3 is 2.35 bits per heavy atom. The molecule has 0 radical (unpaired) electrons. The molecule has 0 aliphatic carbocycles. The number of H-pyrrole nitrogens is 1. The molecule has 144 valence electrons. The van der Waals surface area contributed by atoms with Crippen molar-refractivity contribution < 1.29 is 24.3 Å². The second-order valence-electron chi connectivity index (χ2n) is 6.19. The lowest BCUT2D eigenvalue weighted by atomic mass is 10.0. The van der Waals surface area contributed by atoms with Gasteiger partial charge in [0.1, 0.15) is 12.1 Å². The highest BCUT2D eigenvalue weighted by Crippen LogP contribution is 2.05. The summed E-state index contributed by atoms with van der Waals surface area (Å²) in [5.41, 5.74) is 11.1. The number of hydrogen-bond acceptors (Lipinski definition) is 6. The molecule has 8 N–H and O–H groups in total. The van der Waals surface area contributed by atoms with Crippen LogP contribution in [0.5, 0.6) is 0 Å². The molecule has 11 heteroatoms. The van der Waals surface area contributed by atoms with Crippen LogP contribution in [0.25, 0.3) is 0 Å². The maximum atomic E-state index is 12.5. The third-order valence-electron chi connectivity index (χ3n) is 3.60. The van der Waals surface area contributed by atoms with E-state index in [-0.39, 0.29) is 18.8 Å². The van der Waals surface area contributed by atoms with Gasteiger partial charge in [0.25, 0.3) is 0 Å². The van der Waals surface area contributed by atoms with Crippen molar-refractivity contribution in [1.29, 1.82) is 0 Å². The molecule has 0 aliphatic heterocycles. The van der Waals surface area contributed by atoms with Gasteiger partial charge < -0.3 is 32.2 Å². The Morgan fingerprint density at radius 1 is 1.23 bits per heavy atom. The average Bonchev–Trinajstić information content (AvgIpc) is 3.03. The van der Waals surface area contributed by atoms with Crippen LogP contribution in [0.1, 0.15) is 26.0 Å². The van der Waals surface area contributed by atoms with Gasteiger partial charge in [-0.1, -0.05) is 13.8 Å². The van der Waals surface area contributed by atoms with Crippen LogP contribution in [-0.4, -0.2) is 56.9 Å². The van der Waals surface area contributed by atoms with E-state index in [2.05, 4.69) is 20.6 Å². The summed E-state index contributed by atoms with van der Waals surface area (Å²) in [7, 11) is 0. The summed E-state index contributed by atoms with van der Waals surface area (Å²) >= 11 is 0. The summed E-state index contributed by atoms with van der Waals surface area (Å²) in [6, 6.07) is -3.45. The Bertz CT molecular complexity index is 645. The fourth-order valence-corrected chi connectivity index (χ4v) is 2.18. The van der Waals surface area contributed by atoms with Gasteiger partial charge in [0, 0.05) is 18.3 Å². The minimum absolute atomic E-state index is 0.0330. The molecule has 3 unspecified atom stereocenters. The van der Waals surface area contributed by atoms with Gasteiger partial charge in [0.2, 0.25) is 17.7 Å². The van der Waals surface area contributed by atoms with E-state index in [1.54, 1.807) is 13.8 Å². The third-order valence-corrected chi connectivity index (χ3v) is 3.60. The van der Waals surface area contributed by atoms with Gasteiger partial charge in [0.15, 0.2) is 0 Å². The van der Waals surface area contributed by atoms with Gasteiger partial charge in [-0.2, -0.15) is 0 Å². The Hall–Kier alpha value is -2.95. The highest BCUT2D eigenvalue weighted by molar-refractivity contribution is 5.93. The van der Waals surface area contributed by atoms with Crippen molar-refractivity contribution in [2.75, 3.05) is 0 Å².